The number of hydrogen-bond acceptors (Lipinski definition) is 2. The average molecular weight is 251 g/mol. The number of benzene rings is 1. The summed E-state index contributed by atoms with van der Waals surface area (Å²) in [4.78, 5) is 13.9. The SMILES string of the molecule is CO.Cc1cc([NH3+])ccc1N1CCCCCC1=O. The van der Waals surface area contributed by atoms with Gasteiger partial charge in [0, 0.05) is 37.9 Å². The van der Waals surface area contributed by atoms with Gasteiger partial charge in [-0.25, -0.2) is 0 Å². The Morgan fingerprint density at radius 1 is 1.22 bits per heavy atom. The van der Waals surface area contributed by atoms with E-state index in [-0.39, 0.29) is 5.91 Å². The Hall–Kier alpha value is -1.39. The summed E-state index contributed by atoms with van der Waals surface area (Å²) in [5.74, 6) is 0.261. The molecule has 1 aliphatic rings. The molecule has 100 valence electrons. The van der Waals surface area contributed by atoms with Gasteiger partial charge < -0.3 is 15.7 Å². The molecule has 1 heterocycles. The minimum Gasteiger partial charge on any atom is -0.400 e. The van der Waals surface area contributed by atoms with E-state index in [0.29, 0.717) is 6.42 Å². The first-order valence-corrected chi connectivity index (χ1v) is 6.36. The van der Waals surface area contributed by atoms with Crippen LogP contribution in [-0.2, 0) is 4.79 Å². The predicted molar refractivity (Wildman–Crippen MR) is 72.7 cm³/mol. The molecular formula is C14H23N2O2+. The molecule has 0 unspecified atom stereocenters. The van der Waals surface area contributed by atoms with Crippen molar-refractivity contribution in [1.82, 2.24) is 0 Å². The molecule has 0 atom stereocenters. The lowest BCUT2D eigenvalue weighted by molar-refractivity contribution is -0.254. The number of nitrogens with zero attached hydrogens (tertiary/aromatic N) is 1. The van der Waals surface area contributed by atoms with Gasteiger partial charge in [0.15, 0.2) is 0 Å². The van der Waals surface area contributed by atoms with Crippen molar-refractivity contribution in [1.29, 1.82) is 0 Å². The summed E-state index contributed by atoms with van der Waals surface area (Å²) in [5, 5.41) is 7.00. The molecule has 0 saturated carbocycles. The number of carbonyl (C=O) groups is 1. The van der Waals surface area contributed by atoms with Crippen LogP contribution in [0.1, 0.15) is 31.2 Å². The molecule has 2 rings (SSSR count). The molecule has 1 amide bonds. The van der Waals surface area contributed by atoms with E-state index in [4.69, 9.17) is 5.11 Å². The van der Waals surface area contributed by atoms with E-state index in [1.165, 1.54) is 0 Å². The van der Waals surface area contributed by atoms with E-state index in [2.05, 4.69) is 5.73 Å². The lowest BCUT2D eigenvalue weighted by Crippen LogP contribution is -2.40. The quantitative estimate of drug-likeness (QED) is 0.792. The van der Waals surface area contributed by atoms with Gasteiger partial charge in [-0.3, -0.25) is 4.79 Å². The molecule has 0 bridgehead atoms. The molecule has 1 aliphatic heterocycles. The number of anilines is 1. The van der Waals surface area contributed by atoms with Crippen LogP contribution in [-0.4, -0.2) is 24.7 Å². The van der Waals surface area contributed by atoms with Crippen LogP contribution in [0.25, 0.3) is 0 Å². The first-order chi connectivity index (χ1) is 8.68. The molecule has 1 fully saturated rings. The third kappa shape index (κ3) is 3.55. The second-order valence-electron chi connectivity index (χ2n) is 4.48. The zero-order valence-corrected chi connectivity index (χ0v) is 11.3. The zero-order chi connectivity index (χ0) is 13.5. The highest BCUT2D eigenvalue weighted by Gasteiger charge is 2.19. The van der Waals surface area contributed by atoms with E-state index in [0.717, 1.165) is 49.9 Å². The van der Waals surface area contributed by atoms with Crippen LogP contribution in [0.3, 0.4) is 0 Å². The molecule has 4 N–H and O–H groups in total. The molecule has 1 aromatic carbocycles. The van der Waals surface area contributed by atoms with Crippen molar-refractivity contribution >= 4 is 17.3 Å². The van der Waals surface area contributed by atoms with E-state index in [1.54, 1.807) is 0 Å². The largest absolute Gasteiger partial charge is 0.400 e. The number of hydrogen-bond donors (Lipinski definition) is 2. The molecule has 0 aliphatic carbocycles. The standard InChI is InChI=1S/C13H18N2O.CH4O/c1-10-9-11(14)6-7-12(10)15-8-4-2-3-5-13(15)16;1-2/h6-7,9H,2-5,8,14H2,1H3;2H,1H3/p+1. The summed E-state index contributed by atoms with van der Waals surface area (Å²) in [6.07, 6.45) is 3.99. The van der Waals surface area contributed by atoms with Crippen LogP contribution >= 0.6 is 0 Å². The molecule has 18 heavy (non-hydrogen) atoms. The highest BCUT2D eigenvalue weighted by molar-refractivity contribution is 5.94. The first-order valence-electron chi connectivity index (χ1n) is 6.36. The van der Waals surface area contributed by atoms with Crippen LogP contribution in [0.4, 0.5) is 11.4 Å². The van der Waals surface area contributed by atoms with Gasteiger partial charge in [0.05, 0.1) is 0 Å². The van der Waals surface area contributed by atoms with Crippen molar-refractivity contribution in [3.05, 3.63) is 23.8 Å². The second-order valence-corrected chi connectivity index (χ2v) is 4.48. The normalized spacial score (nSPS) is 15.8. The lowest BCUT2D eigenvalue weighted by atomic mass is 10.1. The number of rotatable bonds is 1. The Kier molecular flexibility index (Phi) is 5.82. The van der Waals surface area contributed by atoms with Gasteiger partial charge in [0.1, 0.15) is 5.69 Å². The summed E-state index contributed by atoms with van der Waals surface area (Å²) < 4.78 is 0. The third-order valence-corrected chi connectivity index (χ3v) is 3.13. The smallest absolute Gasteiger partial charge is 0.226 e. The summed E-state index contributed by atoms with van der Waals surface area (Å²) in [6, 6.07) is 6.02. The fraction of sp³-hybridized carbons (Fsp3) is 0.500. The number of amides is 1. The van der Waals surface area contributed by atoms with Gasteiger partial charge in [-0.05, 0) is 31.4 Å². The minimum absolute atomic E-state index is 0.261. The van der Waals surface area contributed by atoms with Crippen molar-refractivity contribution in [2.75, 3.05) is 18.6 Å². The van der Waals surface area contributed by atoms with E-state index < -0.39 is 0 Å². The molecular weight excluding hydrogens is 228 g/mol. The first kappa shape index (κ1) is 14.7. The maximum atomic E-state index is 12.0. The average Bonchev–Trinajstić information content (AvgIpc) is 2.57. The maximum absolute atomic E-state index is 12.0. The fourth-order valence-corrected chi connectivity index (χ4v) is 2.26. The molecule has 0 spiro atoms. The van der Waals surface area contributed by atoms with E-state index in [1.807, 2.05) is 30.0 Å². The van der Waals surface area contributed by atoms with Gasteiger partial charge >= 0.3 is 0 Å². The number of quaternary nitrogens is 1. The Morgan fingerprint density at radius 3 is 2.61 bits per heavy atom. The molecule has 1 aromatic rings. The van der Waals surface area contributed by atoms with E-state index in [9.17, 15) is 4.79 Å². The highest BCUT2D eigenvalue weighted by atomic mass is 16.2. The summed E-state index contributed by atoms with van der Waals surface area (Å²) in [6.45, 7) is 2.90. The van der Waals surface area contributed by atoms with Crippen molar-refractivity contribution in [3.8, 4) is 0 Å². The monoisotopic (exact) mass is 251 g/mol. The fourth-order valence-electron chi connectivity index (χ4n) is 2.26. The third-order valence-electron chi connectivity index (χ3n) is 3.13. The van der Waals surface area contributed by atoms with Gasteiger partial charge in [0.25, 0.3) is 0 Å². The van der Waals surface area contributed by atoms with Gasteiger partial charge in [0.2, 0.25) is 5.91 Å². The molecule has 4 heteroatoms. The molecule has 1 saturated heterocycles. The van der Waals surface area contributed by atoms with Crippen LogP contribution in [0.2, 0.25) is 0 Å². The van der Waals surface area contributed by atoms with Crippen LogP contribution in [0.5, 0.6) is 0 Å². The molecule has 0 radical (unpaired) electrons. The van der Waals surface area contributed by atoms with Gasteiger partial charge in [-0.1, -0.05) is 6.42 Å². The summed E-state index contributed by atoms with van der Waals surface area (Å²) >= 11 is 0. The zero-order valence-electron chi connectivity index (χ0n) is 11.3. The summed E-state index contributed by atoms with van der Waals surface area (Å²) in [5.41, 5.74) is 7.10. The van der Waals surface area contributed by atoms with Crippen molar-refractivity contribution in [3.63, 3.8) is 0 Å². The highest BCUT2D eigenvalue weighted by Crippen LogP contribution is 2.25. The van der Waals surface area contributed by atoms with Crippen molar-refractivity contribution < 1.29 is 15.6 Å². The number of aliphatic hydroxyl groups is 1. The lowest BCUT2D eigenvalue weighted by Gasteiger charge is -2.22. The number of aliphatic hydroxyl groups excluding tert-OH is 1. The Bertz CT molecular complexity index is 405. The minimum atomic E-state index is 0.261. The maximum Gasteiger partial charge on any atom is 0.226 e. The van der Waals surface area contributed by atoms with Crippen LogP contribution in [0.15, 0.2) is 18.2 Å². The van der Waals surface area contributed by atoms with Crippen LogP contribution in [0, 0.1) is 6.92 Å². The van der Waals surface area contributed by atoms with E-state index >= 15 is 0 Å². The summed E-state index contributed by atoms with van der Waals surface area (Å²) in [7, 11) is 1.00. The topological polar surface area (TPSA) is 68.2 Å². The van der Waals surface area contributed by atoms with Crippen LogP contribution < -0.4 is 10.6 Å². The Morgan fingerprint density at radius 2 is 1.94 bits per heavy atom. The van der Waals surface area contributed by atoms with Gasteiger partial charge in [-0.15, -0.1) is 0 Å². The number of carbonyl (C=O) groups excluding carboxylic acids is 1. The van der Waals surface area contributed by atoms with Gasteiger partial charge in [-0.2, -0.15) is 0 Å². The molecule has 0 aromatic heterocycles. The molecule has 4 nitrogen and oxygen atoms in total. The Balaban J connectivity index is 0.000000771. The Labute approximate surface area is 108 Å². The number of aryl methyl sites for hydroxylation is 1. The predicted octanol–water partition coefficient (Wildman–Crippen LogP) is 1.38. The van der Waals surface area contributed by atoms with Crippen molar-refractivity contribution in [2.45, 2.75) is 32.6 Å². The second kappa shape index (κ2) is 7.13. The van der Waals surface area contributed by atoms with Crippen molar-refractivity contribution in [2.24, 2.45) is 0 Å².